The zero-order valence-corrected chi connectivity index (χ0v) is 9.18. The van der Waals surface area contributed by atoms with Gasteiger partial charge in [0.25, 0.3) is 0 Å². The van der Waals surface area contributed by atoms with Crippen LogP contribution in [0.1, 0.15) is 5.56 Å². The van der Waals surface area contributed by atoms with Crippen molar-refractivity contribution in [2.75, 3.05) is 6.26 Å². The molecule has 82 valence electrons. The van der Waals surface area contributed by atoms with Crippen molar-refractivity contribution >= 4 is 23.8 Å². The molecule has 0 aromatic carbocycles. The van der Waals surface area contributed by atoms with Crippen LogP contribution < -0.4 is 0 Å². The quantitative estimate of drug-likeness (QED) is 0.285. The molecule has 0 spiro atoms. The van der Waals surface area contributed by atoms with Crippen molar-refractivity contribution in [1.82, 2.24) is 4.98 Å². The predicted octanol–water partition coefficient (Wildman–Crippen LogP) is 2.54. The van der Waals surface area contributed by atoms with Gasteiger partial charge in [-0.3, -0.25) is 4.98 Å². The molecule has 0 unspecified atom stereocenters. The van der Waals surface area contributed by atoms with Gasteiger partial charge in [-0.25, -0.2) is 4.79 Å². The topological polar surface area (TPSA) is 99.0 Å². The molecule has 7 heteroatoms. The second-order valence-corrected chi connectivity index (χ2v) is 3.49. The summed E-state index contributed by atoms with van der Waals surface area (Å²) in [5, 5.41) is 11.9. The summed E-state index contributed by atoms with van der Waals surface area (Å²) >= 11 is 1.45. The molecule has 0 aliphatic carbocycles. The molecule has 16 heavy (non-hydrogen) atoms. The summed E-state index contributed by atoms with van der Waals surface area (Å²) in [4.78, 5) is 17.9. The molecule has 1 aromatic heterocycles. The Labute approximate surface area is 95.6 Å². The van der Waals surface area contributed by atoms with Crippen molar-refractivity contribution < 1.29 is 9.90 Å². The van der Waals surface area contributed by atoms with Crippen molar-refractivity contribution in [1.29, 1.82) is 0 Å². The maximum atomic E-state index is 10.7. The SMILES string of the molecule is CSc1ccncc1/C=C(\N=[N+]=[N-])C(=O)O. The summed E-state index contributed by atoms with van der Waals surface area (Å²) < 4.78 is 0. The van der Waals surface area contributed by atoms with Crippen LogP contribution in [0.25, 0.3) is 16.5 Å². The van der Waals surface area contributed by atoms with Gasteiger partial charge in [-0.1, -0.05) is 5.11 Å². The van der Waals surface area contributed by atoms with Crippen molar-refractivity contribution in [3.63, 3.8) is 0 Å². The molecule has 6 nitrogen and oxygen atoms in total. The Kier molecular flexibility index (Phi) is 4.38. The van der Waals surface area contributed by atoms with Crippen LogP contribution in [0.2, 0.25) is 0 Å². The van der Waals surface area contributed by atoms with E-state index in [1.807, 2.05) is 6.26 Å². The molecule has 0 aliphatic heterocycles. The largest absolute Gasteiger partial charge is 0.478 e. The number of pyridine rings is 1. The Morgan fingerprint density at radius 2 is 2.50 bits per heavy atom. The van der Waals surface area contributed by atoms with Gasteiger partial charge >= 0.3 is 5.97 Å². The Hall–Kier alpha value is -1.98. The van der Waals surface area contributed by atoms with Gasteiger partial charge in [-0.05, 0) is 23.9 Å². The zero-order valence-electron chi connectivity index (χ0n) is 8.36. The molecule has 1 rings (SSSR count). The van der Waals surface area contributed by atoms with Gasteiger partial charge in [0.1, 0.15) is 5.70 Å². The second-order valence-electron chi connectivity index (χ2n) is 2.64. The van der Waals surface area contributed by atoms with Gasteiger partial charge in [-0.2, -0.15) is 0 Å². The number of carbonyl (C=O) groups is 1. The number of carboxylic acids is 1. The van der Waals surface area contributed by atoms with Crippen LogP contribution >= 0.6 is 11.8 Å². The molecule has 0 atom stereocenters. The third kappa shape index (κ3) is 3.01. The minimum absolute atomic E-state index is 0.356. The molecule has 0 radical (unpaired) electrons. The molecule has 1 aromatic rings. The number of thioether (sulfide) groups is 1. The van der Waals surface area contributed by atoms with E-state index in [0.717, 1.165) is 4.90 Å². The Bertz CT molecular complexity index is 476. The number of azide groups is 1. The van der Waals surface area contributed by atoms with Crippen molar-refractivity contribution in [2.45, 2.75) is 4.90 Å². The number of rotatable bonds is 4. The Morgan fingerprint density at radius 1 is 1.75 bits per heavy atom. The van der Waals surface area contributed by atoms with Crippen LogP contribution in [0.4, 0.5) is 0 Å². The van der Waals surface area contributed by atoms with E-state index in [2.05, 4.69) is 15.0 Å². The van der Waals surface area contributed by atoms with Crippen LogP contribution in [-0.4, -0.2) is 22.3 Å². The lowest BCUT2D eigenvalue weighted by Gasteiger charge is -2.01. The molecule has 0 saturated heterocycles. The Morgan fingerprint density at radius 3 is 3.06 bits per heavy atom. The standard InChI is InChI=1S/C9H8N4O2S/c1-16-8-2-3-11-5-6(8)4-7(9(14)15)12-13-10/h2-5H,1H3,(H,14,15)/b7-4-. The molecule has 0 bridgehead atoms. The van der Waals surface area contributed by atoms with E-state index < -0.39 is 5.97 Å². The van der Waals surface area contributed by atoms with E-state index in [1.54, 1.807) is 12.3 Å². The number of aliphatic carboxylic acids is 1. The van der Waals surface area contributed by atoms with Gasteiger partial charge < -0.3 is 5.11 Å². The van der Waals surface area contributed by atoms with E-state index in [-0.39, 0.29) is 5.70 Å². The third-order valence-electron chi connectivity index (χ3n) is 1.69. The summed E-state index contributed by atoms with van der Waals surface area (Å²) in [5.41, 5.74) is 8.48. The fraction of sp³-hybridized carbons (Fsp3) is 0.111. The maximum Gasteiger partial charge on any atom is 0.338 e. The number of carboxylic acid groups (broad SMARTS) is 1. The fourth-order valence-corrected chi connectivity index (χ4v) is 1.56. The number of hydrogen-bond acceptors (Lipinski definition) is 4. The summed E-state index contributed by atoms with van der Waals surface area (Å²) in [6.45, 7) is 0. The molecule has 1 heterocycles. The molecule has 0 fully saturated rings. The minimum Gasteiger partial charge on any atom is -0.478 e. The first-order valence-corrected chi connectivity index (χ1v) is 5.39. The number of nitrogens with zero attached hydrogens (tertiary/aromatic N) is 4. The number of hydrogen-bond donors (Lipinski definition) is 1. The van der Waals surface area contributed by atoms with E-state index >= 15 is 0 Å². The van der Waals surface area contributed by atoms with Crippen LogP contribution in [-0.2, 0) is 4.79 Å². The highest BCUT2D eigenvalue weighted by atomic mass is 32.2. The summed E-state index contributed by atoms with van der Waals surface area (Å²) in [6, 6.07) is 1.76. The van der Waals surface area contributed by atoms with E-state index in [0.29, 0.717) is 5.56 Å². The van der Waals surface area contributed by atoms with Gasteiger partial charge in [-0.15, -0.1) is 11.8 Å². The summed E-state index contributed by atoms with van der Waals surface area (Å²) in [5.74, 6) is -1.27. The highest BCUT2D eigenvalue weighted by Gasteiger charge is 2.06. The highest BCUT2D eigenvalue weighted by molar-refractivity contribution is 7.98. The van der Waals surface area contributed by atoms with Crippen molar-refractivity contribution in [3.05, 3.63) is 40.2 Å². The highest BCUT2D eigenvalue weighted by Crippen LogP contribution is 2.21. The lowest BCUT2D eigenvalue weighted by Crippen LogP contribution is -1.97. The van der Waals surface area contributed by atoms with Crippen LogP contribution in [0.3, 0.4) is 0 Å². The monoisotopic (exact) mass is 236 g/mol. The smallest absolute Gasteiger partial charge is 0.338 e. The molecule has 1 N–H and O–H groups in total. The van der Waals surface area contributed by atoms with E-state index in [4.69, 9.17) is 10.6 Å². The summed E-state index contributed by atoms with van der Waals surface area (Å²) in [7, 11) is 0. The normalized spacial score (nSPS) is 10.7. The number of aromatic nitrogens is 1. The molecule has 0 amide bonds. The lowest BCUT2D eigenvalue weighted by molar-refractivity contribution is -0.132. The predicted molar refractivity (Wildman–Crippen MR) is 60.8 cm³/mol. The van der Waals surface area contributed by atoms with Crippen LogP contribution in [0.5, 0.6) is 0 Å². The average Bonchev–Trinajstić information content (AvgIpc) is 2.29. The zero-order chi connectivity index (χ0) is 12.0. The third-order valence-corrected chi connectivity index (χ3v) is 2.51. The van der Waals surface area contributed by atoms with Crippen molar-refractivity contribution in [2.24, 2.45) is 5.11 Å². The lowest BCUT2D eigenvalue weighted by atomic mass is 10.2. The van der Waals surface area contributed by atoms with E-state index in [9.17, 15) is 4.79 Å². The summed E-state index contributed by atoms with van der Waals surface area (Å²) in [6.07, 6.45) is 6.28. The van der Waals surface area contributed by atoms with Gasteiger partial charge in [0.2, 0.25) is 0 Å². The van der Waals surface area contributed by atoms with Gasteiger partial charge in [0, 0.05) is 27.8 Å². The van der Waals surface area contributed by atoms with Crippen LogP contribution in [0.15, 0.2) is 34.2 Å². The van der Waals surface area contributed by atoms with E-state index in [1.165, 1.54) is 24.0 Å². The first-order chi connectivity index (χ1) is 7.69. The molecule has 0 saturated carbocycles. The first kappa shape index (κ1) is 12.1. The van der Waals surface area contributed by atoms with Gasteiger partial charge in [0.15, 0.2) is 0 Å². The second kappa shape index (κ2) is 5.79. The minimum atomic E-state index is -1.27. The van der Waals surface area contributed by atoms with Gasteiger partial charge in [0.05, 0.1) is 0 Å². The Balaban J connectivity index is 3.22. The average molecular weight is 236 g/mol. The first-order valence-electron chi connectivity index (χ1n) is 4.17. The van der Waals surface area contributed by atoms with Crippen molar-refractivity contribution in [3.8, 4) is 0 Å². The molecular formula is C9H8N4O2S. The molecular weight excluding hydrogens is 228 g/mol. The fourth-order valence-electron chi connectivity index (χ4n) is 1.02. The maximum absolute atomic E-state index is 10.7. The molecule has 0 aliphatic rings. The van der Waals surface area contributed by atoms with Crippen LogP contribution in [0, 0.1) is 0 Å².